The summed E-state index contributed by atoms with van der Waals surface area (Å²) in [5.41, 5.74) is 1.23. The van der Waals surface area contributed by atoms with Crippen LogP contribution in [-0.4, -0.2) is 21.5 Å². The van der Waals surface area contributed by atoms with Gasteiger partial charge in [0.05, 0.1) is 18.5 Å². The van der Waals surface area contributed by atoms with Crippen LogP contribution in [-0.2, 0) is 0 Å². The van der Waals surface area contributed by atoms with Crippen molar-refractivity contribution in [1.82, 2.24) is 9.78 Å². The molecule has 0 aliphatic carbocycles. The molecule has 2 rings (SSSR count). The maximum Gasteiger partial charge on any atom is 0.131 e. The van der Waals surface area contributed by atoms with Gasteiger partial charge in [-0.2, -0.15) is 5.10 Å². The summed E-state index contributed by atoms with van der Waals surface area (Å²) in [4.78, 5) is 0. The molecule has 0 saturated carbocycles. The van der Waals surface area contributed by atoms with Gasteiger partial charge in [-0.15, -0.1) is 0 Å². The largest absolute Gasteiger partial charge is 0.392 e. The minimum atomic E-state index is -0.468. The van der Waals surface area contributed by atoms with Crippen LogP contribution < -0.4 is 0 Å². The summed E-state index contributed by atoms with van der Waals surface area (Å²) in [5, 5.41) is 12.6. The zero-order chi connectivity index (χ0) is 11.4. The summed E-state index contributed by atoms with van der Waals surface area (Å²) in [6.45, 7) is -0.317. The average molecular weight is 218 g/mol. The van der Waals surface area contributed by atoms with Crippen LogP contribution in [0.5, 0.6) is 0 Å². The van der Waals surface area contributed by atoms with E-state index in [1.807, 2.05) is 30.3 Å². The number of hydrogen-bond acceptors (Lipinski definition) is 2. The van der Waals surface area contributed by atoms with Crippen LogP contribution in [0.2, 0.25) is 0 Å². The zero-order valence-corrected chi connectivity index (χ0v) is 8.55. The molecule has 2 aromatic rings. The van der Waals surface area contributed by atoms with E-state index in [0.29, 0.717) is 5.56 Å². The highest BCUT2D eigenvalue weighted by molar-refractivity contribution is 5.57. The fourth-order valence-corrected chi connectivity index (χ4v) is 1.37. The van der Waals surface area contributed by atoms with E-state index >= 15 is 0 Å². The first-order valence-corrected chi connectivity index (χ1v) is 4.88. The van der Waals surface area contributed by atoms with E-state index in [4.69, 9.17) is 5.11 Å². The number of nitrogens with zero attached hydrogens (tertiary/aromatic N) is 2. The third kappa shape index (κ3) is 2.17. The average Bonchev–Trinajstić information content (AvgIpc) is 2.80. The van der Waals surface area contributed by atoms with Gasteiger partial charge in [0, 0.05) is 11.8 Å². The van der Waals surface area contributed by atoms with Crippen molar-refractivity contribution in [2.45, 2.75) is 0 Å². The molecule has 0 fully saturated rings. The Morgan fingerprint density at radius 3 is 2.81 bits per heavy atom. The van der Waals surface area contributed by atoms with E-state index in [-0.39, 0.29) is 6.61 Å². The van der Waals surface area contributed by atoms with Crippen LogP contribution >= 0.6 is 0 Å². The lowest BCUT2D eigenvalue weighted by atomic mass is 10.3. The van der Waals surface area contributed by atoms with Gasteiger partial charge in [0.15, 0.2) is 0 Å². The van der Waals surface area contributed by atoms with Crippen molar-refractivity contribution in [2.75, 3.05) is 6.61 Å². The molecule has 0 atom stereocenters. The number of rotatable bonds is 3. The number of aromatic nitrogens is 2. The van der Waals surface area contributed by atoms with Gasteiger partial charge in [-0.05, 0) is 18.2 Å². The van der Waals surface area contributed by atoms with Gasteiger partial charge in [0.2, 0.25) is 0 Å². The number of aliphatic hydroxyl groups is 1. The summed E-state index contributed by atoms with van der Waals surface area (Å²) >= 11 is 0. The monoisotopic (exact) mass is 218 g/mol. The SMILES string of the molecule is OC/C=C(/F)c1cnn(-c2ccccc2)c1. The predicted octanol–water partition coefficient (Wildman–Crippen LogP) is 2.17. The number of benzene rings is 1. The molecule has 1 N–H and O–H groups in total. The molecule has 0 saturated heterocycles. The second kappa shape index (κ2) is 4.72. The molecule has 0 unspecified atom stereocenters. The maximum absolute atomic E-state index is 13.3. The number of halogens is 1. The van der Waals surface area contributed by atoms with Crippen LogP contribution in [0.25, 0.3) is 11.5 Å². The molecular formula is C12H11FN2O. The molecule has 0 aliphatic heterocycles. The lowest BCUT2D eigenvalue weighted by Gasteiger charge is -1.98. The van der Waals surface area contributed by atoms with E-state index in [2.05, 4.69) is 5.10 Å². The molecule has 16 heavy (non-hydrogen) atoms. The molecule has 0 amide bonds. The van der Waals surface area contributed by atoms with Crippen molar-refractivity contribution in [3.63, 3.8) is 0 Å². The number of aliphatic hydroxyl groups excluding tert-OH is 1. The van der Waals surface area contributed by atoms with Crippen LogP contribution in [0.4, 0.5) is 4.39 Å². The minimum Gasteiger partial charge on any atom is -0.392 e. The van der Waals surface area contributed by atoms with E-state index in [1.165, 1.54) is 6.20 Å². The third-order valence-corrected chi connectivity index (χ3v) is 2.15. The Bertz CT molecular complexity index is 491. The lowest BCUT2D eigenvalue weighted by Crippen LogP contribution is -1.92. The molecule has 3 nitrogen and oxygen atoms in total. The first-order chi connectivity index (χ1) is 7.81. The quantitative estimate of drug-likeness (QED) is 0.857. The van der Waals surface area contributed by atoms with Gasteiger partial charge in [-0.3, -0.25) is 0 Å². The Morgan fingerprint density at radius 2 is 2.12 bits per heavy atom. The van der Waals surface area contributed by atoms with Gasteiger partial charge in [0.25, 0.3) is 0 Å². The molecule has 1 aromatic carbocycles. The van der Waals surface area contributed by atoms with E-state index in [1.54, 1.807) is 10.9 Å². The highest BCUT2D eigenvalue weighted by atomic mass is 19.1. The number of hydrogen-bond donors (Lipinski definition) is 1. The third-order valence-electron chi connectivity index (χ3n) is 2.15. The molecule has 82 valence electrons. The normalized spacial score (nSPS) is 11.8. The standard InChI is InChI=1S/C12H11FN2O/c13-12(6-7-16)10-8-14-15(9-10)11-4-2-1-3-5-11/h1-6,8-9,16H,7H2/b12-6+. The smallest absolute Gasteiger partial charge is 0.131 e. The van der Waals surface area contributed by atoms with Gasteiger partial charge in [0.1, 0.15) is 5.83 Å². The van der Waals surface area contributed by atoms with E-state index in [0.717, 1.165) is 11.8 Å². The Morgan fingerprint density at radius 1 is 1.38 bits per heavy atom. The highest BCUT2D eigenvalue weighted by Gasteiger charge is 2.04. The van der Waals surface area contributed by atoms with Crippen LogP contribution in [0.15, 0.2) is 48.8 Å². The van der Waals surface area contributed by atoms with E-state index < -0.39 is 5.83 Å². The first kappa shape index (κ1) is 10.6. The fourth-order valence-electron chi connectivity index (χ4n) is 1.37. The van der Waals surface area contributed by atoms with E-state index in [9.17, 15) is 4.39 Å². The Hall–Kier alpha value is -1.94. The second-order valence-electron chi connectivity index (χ2n) is 3.24. The molecule has 0 bridgehead atoms. The van der Waals surface area contributed by atoms with Crippen molar-refractivity contribution in [3.05, 3.63) is 54.4 Å². The van der Waals surface area contributed by atoms with Gasteiger partial charge in [-0.25, -0.2) is 9.07 Å². The van der Waals surface area contributed by atoms with Crippen molar-refractivity contribution in [1.29, 1.82) is 0 Å². The summed E-state index contributed by atoms with van der Waals surface area (Å²) in [7, 11) is 0. The van der Waals surface area contributed by atoms with Gasteiger partial charge >= 0.3 is 0 Å². The zero-order valence-electron chi connectivity index (χ0n) is 8.55. The van der Waals surface area contributed by atoms with Crippen LogP contribution in [0.1, 0.15) is 5.56 Å². The summed E-state index contributed by atoms with van der Waals surface area (Å²) in [5.74, 6) is -0.468. The van der Waals surface area contributed by atoms with Crippen molar-refractivity contribution < 1.29 is 9.50 Å². The first-order valence-electron chi connectivity index (χ1n) is 4.88. The van der Waals surface area contributed by atoms with Crippen molar-refractivity contribution >= 4 is 5.83 Å². The second-order valence-corrected chi connectivity index (χ2v) is 3.24. The molecule has 4 heteroatoms. The van der Waals surface area contributed by atoms with Crippen molar-refractivity contribution in [2.24, 2.45) is 0 Å². The molecule has 0 aliphatic rings. The van der Waals surface area contributed by atoms with Crippen LogP contribution in [0, 0.1) is 0 Å². The van der Waals surface area contributed by atoms with Gasteiger partial charge < -0.3 is 5.11 Å². The predicted molar refractivity (Wildman–Crippen MR) is 59.7 cm³/mol. The molecule has 1 aromatic heterocycles. The van der Waals surface area contributed by atoms with Crippen LogP contribution in [0.3, 0.4) is 0 Å². The summed E-state index contributed by atoms with van der Waals surface area (Å²) in [6.07, 6.45) is 4.11. The molecule has 0 radical (unpaired) electrons. The van der Waals surface area contributed by atoms with Crippen molar-refractivity contribution in [3.8, 4) is 5.69 Å². The van der Waals surface area contributed by atoms with Gasteiger partial charge in [-0.1, -0.05) is 18.2 Å². The maximum atomic E-state index is 13.3. The summed E-state index contributed by atoms with van der Waals surface area (Å²) < 4.78 is 14.9. The minimum absolute atomic E-state index is 0.317. The fraction of sp³-hybridized carbons (Fsp3) is 0.0833. The Balaban J connectivity index is 2.30. The molecule has 0 spiro atoms. The molecule has 1 heterocycles. The summed E-state index contributed by atoms with van der Waals surface area (Å²) in [6, 6.07) is 9.43. The Kier molecular flexibility index (Phi) is 3.12. The molecular weight excluding hydrogens is 207 g/mol. The highest BCUT2D eigenvalue weighted by Crippen LogP contribution is 2.16. The topological polar surface area (TPSA) is 38.1 Å². The number of para-hydroxylation sites is 1. The lowest BCUT2D eigenvalue weighted by molar-refractivity contribution is 0.342. The Labute approximate surface area is 92.5 Å².